The van der Waals surface area contributed by atoms with Gasteiger partial charge in [-0.2, -0.15) is 0 Å². The Hall–Kier alpha value is -3.19. The zero-order chi connectivity index (χ0) is 19.4. The Morgan fingerprint density at radius 1 is 1.04 bits per heavy atom. The van der Waals surface area contributed by atoms with E-state index in [-0.39, 0.29) is 10.7 Å². The summed E-state index contributed by atoms with van der Waals surface area (Å²) in [6.45, 7) is 4.24. The van der Waals surface area contributed by atoms with Crippen molar-refractivity contribution < 1.29 is 9.21 Å². The van der Waals surface area contributed by atoms with Gasteiger partial charge in [0.05, 0.1) is 0 Å². The zero-order valence-corrected chi connectivity index (χ0v) is 15.7. The number of carbonyl (C=O) groups excluding carboxylic acids is 1. The fourth-order valence-corrected chi connectivity index (χ4v) is 2.68. The fraction of sp³-hybridized carbons (Fsp3) is 0.150. The van der Waals surface area contributed by atoms with E-state index in [9.17, 15) is 9.59 Å². The maximum Gasteiger partial charge on any atom is 0.349 e. The number of para-hydroxylation sites is 1. The highest BCUT2D eigenvalue weighted by Gasteiger charge is 2.13. The maximum absolute atomic E-state index is 12.3. The first-order chi connectivity index (χ1) is 12.9. The summed E-state index contributed by atoms with van der Waals surface area (Å²) < 4.78 is 5.15. The Morgan fingerprint density at radius 3 is 2.44 bits per heavy atom. The summed E-state index contributed by atoms with van der Waals surface area (Å²) in [5.41, 5.74) is 6.60. The molecule has 7 heteroatoms. The van der Waals surface area contributed by atoms with E-state index in [2.05, 4.69) is 30.0 Å². The molecule has 3 aromatic rings. The van der Waals surface area contributed by atoms with E-state index >= 15 is 0 Å². The van der Waals surface area contributed by atoms with Crippen molar-refractivity contribution >= 4 is 39.9 Å². The van der Waals surface area contributed by atoms with Crippen molar-refractivity contribution in [3.05, 3.63) is 76.1 Å². The van der Waals surface area contributed by atoms with Gasteiger partial charge in [0.15, 0.2) is 5.11 Å². The molecule has 138 valence electrons. The van der Waals surface area contributed by atoms with E-state index in [1.165, 1.54) is 11.6 Å². The lowest BCUT2D eigenvalue weighted by Crippen LogP contribution is -2.44. The first kappa shape index (κ1) is 18.6. The number of benzene rings is 2. The molecule has 0 spiro atoms. The molecule has 6 nitrogen and oxygen atoms in total. The maximum atomic E-state index is 12.3. The number of thiocarbonyl (C=S) groups is 1. The van der Waals surface area contributed by atoms with E-state index < -0.39 is 11.5 Å². The number of carbonyl (C=O) groups is 1. The molecule has 0 unspecified atom stereocenters. The molecular formula is C20H19N3O3S. The van der Waals surface area contributed by atoms with Crippen LogP contribution >= 0.6 is 12.2 Å². The molecule has 3 N–H and O–H groups in total. The van der Waals surface area contributed by atoms with Crippen LogP contribution in [0.15, 0.2) is 63.8 Å². The van der Waals surface area contributed by atoms with Crippen molar-refractivity contribution in [3.8, 4) is 0 Å². The van der Waals surface area contributed by atoms with Gasteiger partial charge in [0.1, 0.15) is 11.1 Å². The van der Waals surface area contributed by atoms with Crippen molar-refractivity contribution in [2.45, 2.75) is 19.8 Å². The highest BCUT2D eigenvalue weighted by Crippen LogP contribution is 2.17. The third-order valence-electron chi connectivity index (χ3n) is 4.01. The molecule has 0 saturated carbocycles. The van der Waals surface area contributed by atoms with Gasteiger partial charge in [0.25, 0.3) is 5.91 Å². The number of anilines is 1. The average Bonchev–Trinajstić information content (AvgIpc) is 2.66. The van der Waals surface area contributed by atoms with Crippen molar-refractivity contribution in [1.82, 2.24) is 10.9 Å². The van der Waals surface area contributed by atoms with Gasteiger partial charge in [-0.15, -0.1) is 0 Å². The molecule has 0 aliphatic carbocycles. The Bertz CT molecular complexity index is 1040. The molecular weight excluding hydrogens is 362 g/mol. The first-order valence-electron chi connectivity index (χ1n) is 8.44. The number of amides is 1. The van der Waals surface area contributed by atoms with Gasteiger partial charge >= 0.3 is 5.63 Å². The van der Waals surface area contributed by atoms with E-state index in [1.54, 1.807) is 24.3 Å². The SMILES string of the molecule is CC(C)c1ccc(NC(=S)NNC(=O)c2cc3ccccc3oc2=O)cc1. The number of fused-ring (bicyclic) bond motifs is 1. The molecule has 27 heavy (non-hydrogen) atoms. The number of hydrazine groups is 1. The van der Waals surface area contributed by atoms with Gasteiger partial charge < -0.3 is 9.73 Å². The highest BCUT2D eigenvalue weighted by molar-refractivity contribution is 7.80. The van der Waals surface area contributed by atoms with E-state index in [1.807, 2.05) is 24.3 Å². The molecule has 0 atom stereocenters. The molecule has 0 radical (unpaired) electrons. The van der Waals surface area contributed by atoms with Gasteiger partial charge in [0.2, 0.25) is 0 Å². The van der Waals surface area contributed by atoms with Crippen LogP contribution in [0.2, 0.25) is 0 Å². The molecule has 3 rings (SSSR count). The minimum atomic E-state index is -0.712. The standard InChI is InChI=1S/C20H19N3O3S/c1-12(2)13-7-9-15(10-8-13)21-20(27)23-22-18(24)16-11-14-5-3-4-6-17(14)26-19(16)25/h3-12H,1-2H3,(H,22,24)(H2,21,23,27). The summed E-state index contributed by atoms with van der Waals surface area (Å²) in [4.78, 5) is 24.3. The molecule has 0 saturated heterocycles. The predicted octanol–water partition coefficient (Wildman–Crippen LogP) is 3.55. The summed E-state index contributed by atoms with van der Waals surface area (Å²) in [5.74, 6) is -0.189. The largest absolute Gasteiger partial charge is 0.422 e. The van der Waals surface area contributed by atoms with Crippen LogP contribution in [0.4, 0.5) is 5.69 Å². The van der Waals surface area contributed by atoms with Crippen molar-refractivity contribution in [2.75, 3.05) is 5.32 Å². The van der Waals surface area contributed by atoms with E-state index in [0.717, 1.165) is 5.69 Å². The molecule has 0 bridgehead atoms. The number of hydrogen-bond acceptors (Lipinski definition) is 4. The predicted molar refractivity (Wildman–Crippen MR) is 110 cm³/mol. The fourth-order valence-electron chi connectivity index (χ4n) is 2.51. The summed E-state index contributed by atoms with van der Waals surface area (Å²) in [6, 6.07) is 16.3. The molecule has 0 aliphatic heterocycles. The van der Waals surface area contributed by atoms with Crippen LogP contribution in [-0.4, -0.2) is 11.0 Å². The number of hydrogen-bond donors (Lipinski definition) is 3. The Balaban J connectivity index is 1.62. The second-order valence-electron chi connectivity index (χ2n) is 6.30. The van der Waals surface area contributed by atoms with Gasteiger partial charge in [-0.25, -0.2) is 4.79 Å². The third kappa shape index (κ3) is 4.51. The van der Waals surface area contributed by atoms with E-state index in [0.29, 0.717) is 16.9 Å². The van der Waals surface area contributed by atoms with Crippen LogP contribution in [0.1, 0.15) is 35.7 Å². The minimum absolute atomic E-state index is 0.106. The van der Waals surface area contributed by atoms with Crippen LogP contribution in [0.3, 0.4) is 0 Å². The van der Waals surface area contributed by atoms with Crippen molar-refractivity contribution in [2.24, 2.45) is 0 Å². The molecule has 1 heterocycles. The van der Waals surface area contributed by atoms with Crippen LogP contribution < -0.4 is 21.8 Å². The molecule has 2 aromatic carbocycles. The second-order valence-corrected chi connectivity index (χ2v) is 6.70. The van der Waals surface area contributed by atoms with Gasteiger partial charge in [-0.1, -0.05) is 44.2 Å². The van der Waals surface area contributed by atoms with Gasteiger partial charge in [0, 0.05) is 11.1 Å². The summed E-state index contributed by atoms with van der Waals surface area (Å²) in [6.07, 6.45) is 0. The summed E-state index contributed by atoms with van der Waals surface area (Å²) >= 11 is 5.16. The second kappa shape index (κ2) is 8.01. The van der Waals surface area contributed by atoms with Crippen LogP contribution in [0, 0.1) is 0 Å². The average molecular weight is 381 g/mol. The van der Waals surface area contributed by atoms with Crippen LogP contribution in [-0.2, 0) is 0 Å². The molecule has 0 aliphatic rings. The van der Waals surface area contributed by atoms with Crippen LogP contribution in [0.25, 0.3) is 11.0 Å². The Morgan fingerprint density at radius 2 is 1.74 bits per heavy atom. The molecule has 0 fully saturated rings. The lowest BCUT2D eigenvalue weighted by molar-refractivity contribution is 0.0940. The number of nitrogens with one attached hydrogen (secondary N) is 3. The highest BCUT2D eigenvalue weighted by atomic mass is 32.1. The van der Waals surface area contributed by atoms with Crippen molar-refractivity contribution in [3.63, 3.8) is 0 Å². The third-order valence-corrected chi connectivity index (χ3v) is 4.21. The quantitative estimate of drug-likeness (QED) is 0.366. The zero-order valence-electron chi connectivity index (χ0n) is 14.9. The lowest BCUT2D eigenvalue weighted by atomic mass is 10.0. The van der Waals surface area contributed by atoms with E-state index in [4.69, 9.17) is 16.6 Å². The Labute approximate surface area is 161 Å². The monoisotopic (exact) mass is 381 g/mol. The number of rotatable bonds is 3. The van der Waals surface area contributed by atoms with Gasteiger partial charge in [-0.05, 0) is 48.0 Å². The summed E-state index contributed by atoms with van der Waals surface area (Å²) in [5, 5.41) is 3.82. The van der Waals surface area contributed by atoms with Gasteiger partial charge in [-0.3, -0.25) is 15.6 Å². The first-order valence-corrected chi connectivity index (χ1v) is 8.85. The normalized spacial score (nSPS) is 10.6. The van der Waals surface area contributed by atoms with Crippen LogP contribution in [0.5, 0.6) is 0 Å². The lowest BCUT2D eigenvalue weighted by Gasteiger charge is -2.12. The summed E-state index contributed by atoms with van der Waals surface area (Å²) in [7, 11) is 0. The van der Waals surface area contributed by atoms with Crippen molar-refractivity contribution in [1.29, 1.82) is 0 Å². The smallest absolute Gasteiger partial charge is 0.349 e. The molecule has 1 amide bonds. The topological polar surface area (TPSA) is 83.4 Å². The Kier molecular flexibility index (Phi) is 5.52. The molecule has 1 aromatic heterocycles. The minimum Gasteiger partial charge on any atom is -0.422 e.